The first-order chi connectivity index (χ1) is 43.1. The number of likely N-dealkylation sites (N-methyl/N-ethyl adjacent to an activating group) is 1. The number of alkyl halides is 12. The number of hydrogen-bond acceptors (Lipinski definition) is 19. The van der Waals surface area contributed by atoms with Gasteiger partial charge in [0.15, 0.2) is 5.82 Å². The van der Waals surface area contributed by atoms with Gasteiger partial charge in [0, 0.05) is 60.1 Å². The summed E-state index contributed by atoms with van der Waals surface area (Å²) in [6.45, 7) is 5.57. The number of aryl methyl sites for hydroxylation is 1. The molecule has 40 heteroatoms. The molecule has 0 radical (unpaired) electrons. The van der Waals surface area contributed by atoms with Gasteiger partial charge in [-0.3, -0.25) is 24.0 Å². The molecule has 4 bridgehead atoms. The van der Waals surface area contributed by atoms with Crippen LogP contribution in [0.4, 0.5) is 52.7 Å². The van der Waals surface area contributed by atoms with E-state index in [-0.39, 0.29) is 57.8 Å². The van der Waals surface area contributed by atoms with E-state index in [4.69, 9.17) is 71.5 Å². The Bertz CT molecular complexity index is 3170. The SMILES string of the molecule is CCSSc1ccc(-c2ncc(C(=O)N[C@@H](CCN)C(=O)N(C)[C@@H]3C(=O)N[C@@H](C)C(=O)N[C@H](C(=O)NCC#N)Cc4ccc(OCCN)c(c4)-c4cc3ccc4OCCN)c(C)n2)cc1.O=C(O)C(F)(F)F.O=C(O)C(F)(F)F.O=C(O)C(F)(F)F.O=C(O)C(F)(F)F. The predicted molar refractivity (Wildman–Crippen MR) is 304 cm³/mol. The van der Waals surface area contributed by atoms with E-state index in [0.29, 0.717) is 45.3 Å². The third kappa shape index (κ3) is 28.1. The molecule has 4 atom stereocenters. The van der Waals surface area contributed by atoms with Crippen molar-refractivity contribution in [1.82, 2.24) is 36.1 Å². The molecule has 1 aliphatic rings. The average Bonchev–Trinajstić information content (AvgIpc) is 0.787. The van der Waals surface area contributed by atoms with E-state index in [9.17, 15) is 76.7 Å². The van der Waals surface area contributed by atoms with Crippen LogP contribution in [0.1, 0.15) is 53.5 Å². The van der Waals surface area contributed by atoms with Crippen molar-refractivity contribution < 1.29 is 126 Å². The zero-order valence-electron chi connectivity index (χ0n) is 48.7. The van der Waals surface area contributed by atoms with Gasteiger partial charge in [0.25, 0.3) is 5.91 Å². The van der Waals surface area contributed by atoms with Gasteiger partial charge >= 0.3 is 48.6 Å². The molecule has 4 aromatic rings. The smallest absolute Gasteiger partial charge is 0.490 e. The highest BCUT2D eigenvalue weighted by atomic mass is 33.1. The molecule has 0 saturated heterocycles. The highest BCUT2D eigenvalue weighted by Crippen LogP contribution is 2.40. The first-order valence-corrected chi connectivity index (χ1v) is 28.3. The Morgan fingerprint density at radius 1 is 0.742 bits per heavy atom. The second-order valence-electron chi connectivity index (χ2n) is 18.1. The number of amides is 5. The number of hydrogen-bond donors (Lipinski definition) is 11. The molecule has 0 fully saturated rings. The maximum absolute atomic E-state index is 14.6. The van der Waals surface area contributed by atoms with Crippen molar-refractivity contribution in [2.45, 2.75) is 87.4 Å². The second kappa shape index (κ2) is 38.0. The molecule has 0 saturated carbocycles. The maximum atomic E-state index is 14.6. The number of carboxylic acid groups (broad SMARTS) is 4. The van der Waals surface area contributed by atoms with E-state index in [1.807, 2.05) is 30.3 Å². The Morgan fingerprint density at radius 3 is 1.67 bits per heavy atom. The number of nitrogens with zero attached hydrogens (tertiary/aromatic N) is 4. The molecule has 0 unspecified atom stereocenters. The van der Waals surface area contributed by atoms with Crippen molar-refractivity contribution in [1.29, 1.82) is 5.26 Å². The Hall–Kier alpha value is -9.20. The largest absolute Gasteiger partial charge is 0.492 e. The Morgan fingerprint density at radius 2 is 1.23 bits per heavy atom. The number of nitriles is 1. The van der Waals surface area contributed by atoms with Crippen LogP contribution in [0.3, 0.4) is 0 Å². The van der Waals surface area contributed by atoms with Gasteiger partial charge < -0.3 is 73.3 Å². The third-order valence-corrected chi connectivity index (χ3v) is 13.6. The lowest BCUT2D eigenvalue weighted by atomic mass is 9.93. The average molecular weight is 1380 g/mol. The number of carboxylic acids is 4. The number of carbonyl (C=O) groups excluding carboxylic acids is 5. The molecule has 14 N–H and O–H groups in total. The van der Waals surface area contributed by atoms with Gasteiger partial charge in [0.05, 0.1) is 17.3 Å². The molecule has 0 spiro atoms. The van der Waals surface area contributed by atoms with Gasteiger partial charge in [-0.1, -0.05) is 52.8 Å². The topological polar surface area (TPSA) is 432 Å². The summed E-state index contributed by atoms with van der Waals surface area (Å²) in [4.78, 5) is 117. The van der Waals surface area contributed by atoms with Crippen molar-refractivity contribution in [2.24, 2.45) is 17.2 Å². The van der Waals surface area contributed by atoms with Crippen molar-refractivity contribution in [3.05, 3.63) is 89.2 Å². The first-order valence-electron chi connectivity index (χ1n) is 26.0. The lowest BCUT2D eigenvalue weighted by Gasteiger charge is -2.32. The van der Waals surface area contributed by atoms with Gasteiger partial charge in [-0.15, -0.1) is 0 Å². The van der Waals surface area contributed by atoms with Crippen LogP contribution in [0.15, 0.2) is 71.8 Å². The normalized spacial score (nSPS) is 14.9. The van der Waals surface area contributed by atoms with E-state index in [2.05, 4.69) is 38.2 Å². The molecule has 512 valence electrons. The second-order valence-corrected chi connectivity index (χ2v) is 20.8. The Balaban J connectivity index is 0.00000128. The van der Waals surface area contributed by atoms with Crippen LogP contribution in [-0.2, 0) is 44.8 Å². The summed E-state index contributed by atoms with van der Waals surface area (Å²) in [5.41, 5.74) is 20.8. The van der Waals surface area contributed by atoms with E-state index < -0.39 is 102 Å². The summed E-state index contributed by atoms with van der Waals surface area (Å²) in [6, 6.07) is 14.8. The molecule has 2 heterocycles. The minimum atomic E-state index is -5.08. The lowest BCUT2D eigenvalue weighted by Crippen LogP contribution is -2.56. The Labute approximate surface area is 526 Å². The van der Waals surface area contributed by atoms with Gasteiger partial charge in [0.1, 0.15) is 55.4 Å². The van der Waals surface area contributed by atoms with Crippen LogP contribution in [0.5, 0.6) is 11.5 Å². The molecule has 3 aromatic carbocycles. The monoisotopic (exact) mass is 1380 g/mol. The van der Waals surface area contributed by atoms with Gasteiger partial charge in [-0.05, 0) is 74.3 Å². The molecule has 1 aliphatic heterocycles. The maximum Gasteiger partial charge on any atom is 0.490 e. The fraction of sp³-hybridized carbons (Fsp3) is 0.396. The van der Waals surface area contributed by atoms with Gasteiger partial charge in [0.2, 0.25) is 23.6 Å². The standard InChI is InChI=1S/C45H55N11O7S2.4C2HF3O2/c1-5-64-65-31-10-7-29(8-11-31)40-51-25-34(26(2)52-40)42(58)54-35(14-15-46)45(61)56(4)39-30-9-13-38(63-21-18-49)33(24-30)32-22-28(6-12-37(32)62-20-17-48)23-36(43(59)50-19-16-47)55-41(57)27(3)53-44(39)60;4*3-2(4,5)1(6)7/h6-13,22,24-25,27,35-36,39H,5,14-15,17-21,23,46,48-49H2,1-4H3,(H,50,59)(H,53,60)(H,54,58)(H,55,57);4*(H,6,7)/t27-,35-,36-,39-;;;;/m0..../s1. The summed E-state index contributed by atoms with van der Waals surface area (Å²) >= 11 is 0. The third-order valence-electron chi connectivity index (χ3n) is 11.2. The van der Waals surface area contributed by atoms with E-state index in [0.717, 1.165) is 16.2 Å². The number of ether oxygens (including phenoxy) is 2. The summed E-state index contributed by atoms with van der Waals surface area (Å²) in [6.07, 6.45) is -18.9. The van der Waals surface area contributed by atoms with Crippen LogP contribution in [0, 0.1) is 18.3 Å². The highest BCUT2D eigenvalue weighted by molar-refractivity contribution is 8.76. The number of aliphatic carboxylic acids is 4. The van der Waals surface area contributed by atoms with Crippen LogP contribution >= 0.6 is 21.6 Å². The number of aromatic nitrogens is 2. The molecule has 5 rings (SSSR count). The number of benzene rings is 3. The molecular weight excluding hydrogens is 1320 g/mol. The summed E-state index contributed by atoms with van der Waals surface area (Å²) in [5, 5.41) is 48.4. The summed E-state index contributed by atoms with van der Waals surface area (Å²) < 4.78 is 139. The fourth-order valence-corrected chi connectivity index (χ4v) is 8.58. The van der Waals surface area contributed by atoms with Crippen molar-refractivity contribution >= 4 is 75.0 Å². The van der Waals surface area contributed by atoms with E-state index >= 15 is 0 Å². The van der Waals surface area contributed by atoms with Crippen molar-refractivity contribution in [3.8, 4) is 40.1 Å². The molecule has 93 heavy (non-hydrogen) atoms. The number of fused-ring (bicyclic) bond motifs is 5. The summed E-state index contributed by atoms with van der Waals surface area (Å²) in [5.74, 6) is -12.2. The number of nitrogens with two attached hydrogens (primary N) is 3. The molecule has 0 aliphatic carbocycles. The zero-order valence-corrected chi connectivity index (χ0v) is 50.3. The Kier molecular flexibility index (Phi) is 33.4. The van der Waals surface area contributed by atoms with Crippen LogP contribution in [0.2, 0.25) is 0 Å². The minimum Gasteiger partial charge on any atom is -0.492 e. The van der Waals surface area contributed by atoms with Gasteiger partial charge in [-0.25, -0.2) is 29.1 Å². The number of rotatable bonds is 18. The van der Waals surface area contributed by atoms with Crippen LogP contribution in [0.25, 0.3) is 22.5 Å². The molecule has 26 nitrogen and oxygen atoms in total. The number of halogens is 12. The predicted octanol–water partition coefficient (Wildman–Crippen LogP) is 4.92. The van der Waals surface area contributed by atoms with Gasteiger partial charge in [-0.2, -0.15) is 57.9 Å². The van der Waals surface area contributed by atoms with E-state index in [1.54, 1.807) is 64.9 Å². The van der Waals surface area contributed by atoms with E-state index in [1.165, 1.54) is 25.1 Å². The van der Waals surface area contributed by atoms with Crippen LogP contribution in [-0.4, -0.2) is 184 Å². The zero-order chi connectivity index (χ0) is 71.4. The fourth-order valence-electron chi connectivity index (χ4n) is 6.98. The lowest BCUT2D eigenvalue weighted by molar-refractivity contribution is -0.193. The quantitative estimate of drug-likeness (QED) is 0.0358. The first kappa shape index (κ1) is 81.8. The summed E-state index contributed by atoms with van der Waals surface area (Å²) in [7, 11) is 4.82. The van der Waals surface area contributed by atoms with Crippen molar-refractivity contribution in [3.63, 3.8) is 0 Å². The van der Waals surface area contributed by atoms with Crippen LogP contribution < -0.4 is 47.9 Å². The number of carbonyl (C=O) groups is 9. The minimum absolute atomic E-state index is 0.000411. The van der Waals surface area contributed by atoms with Crippen molar-refractivity contribution in [2.75, 3.05) is 52.2 Å². The molecule has 1 aromatic heterocycles. The molecule has 5 amide bonds. The number of nitrogens with one attached hydrogen (secondary N) is 4. The highest BCUT2D eigenvalue weighted by Gasteiger charge is 2.41. The molecular formula is C53H59F12N11O15S2.